The van der Waals surface area contributed by atoms with Crippen molar-refractivity contribution in [3.05, 3.63) is 59.7 Å². The first-order valence-corrected chi connectivity index (χ1v) is 12.1. The fourth-order valence-electron chi connectivity index (χ4n) is 4.13. The minimum atomic E-state index is -0.189. The standard InChI is InChI=1S/C28H40N2O4.ClH/c1-7-33-25-15-11-21(12-16-25)27(31)23(19-29(3)4)9-10-24(20-30(5)6)28(32)22-13-17-26(18-14-22)34-8-2;/h11-18,23-24H,7-10,19-20H2,1-6H3;1H/p-1. The highest BCUT2D eigenvalue weighted by Crippen LogP contribution is 2.24. The number of nitrogens with zero attached hydrogens (tertiary/aromatic N) is 2. The van der Waals surface area contributed by atoms with E-state index < -0.39 is 0 Å². The van der Waals surface area contributed by atoms with Crippen molar-refractivity contribution in [2.75, 3.05) is 54.5 Å². The molecule has 0 N–H and O–H groups in total. The highest BCUT2D eigenvalue weighted by Gasteiger charge is 2.26. The van der Waals surface area contributed by atoms with E-state index in [2.05, 4.69) is 0 Å². The highest BCUT2D eigenvalue weighted by molar-refractivity contribution is 5.99. The second kappa shape index (κ2) is 15.6. The van der Waals surface area contributed by atoms with E-state index in [1.165, 1.54) is 0 Å². The molecule has 0 saturated heterocycles. The van der Waals surface area contributed by atoms with Crippen molar-refractivity contribution in [2.24, 2.45) is 11.8 Å². The minimum absolute atomic E-state index is 0. The summed E-state index contributed by atoms with van der Waals surface area (Å²) < 4.78 is 11.0. The van der Waals surface area contributed by atoms with Gasteiger partial charge in [-0.25, -0.2) is 0 Å². The zero-order chi connectivity index (χ0) is 25.1. The van der Waals surface area contributed by atoms with Gasteiger partial charge in [-0.3, -0.25) is 9.59 Å². The van der Waals surface area contributed by atoms with E-state index in [9.17, 15) is 9.59 Å². The molecule has 2 atom stereocenters. The van der Waals surface area contributed by atoms with E-state index in [4.69, 9.17) is 9.47 Å². The van der Waals surface area contributed by atoms with Crippen LogP contribution in [-0.2, 0) is 0 Å². The van der Waals surface area contributed by atoms with Gasteiger partial charge in [-0.05, 0) is 103 Å². The zero-order valence-electron chi connectivity index (χ0n) is 21.9. The third kappa shape index (κ3) is 10.0. The number of hydrogen-bond acceptors (Lipinski definition) is 6. The second-order valence-corrected chi connectivity index (χ2v) is 9.14. The largest absolute Gasteiger partial charge is 1.00 e. The summed E-state index contributed by atoms with van der Waals surface area (Å²) in [6, 6.07) is 14.7. The third-order valence-electron chi connectivity index (χ3n) is 5.68. The summed E-state index contributed by atoms with van der Waals surface area (Å²) in [5, 5.41) is 0. The van der Waals surface area contributed by atoms with Gasteiger partial charge in [0.2, 0.25) is 0 Å². The van der Waals surface area contributed by atoms with Gasteiger partial charge in [0.25, 0.3) is 0 Å². The van der Waals surface area contributed by atoms with Crippen LogP contribution in [0.15, 0.2) is 48.5 Å². The number of ether oxygens (including phenoxy) is 2. The molecule has 0 aromatic heterocycles. The number of rotatable bonds is 15. The summed E-state index contributed by atoms with van der Waals surface area (Å²) >= 11 is 0. The topological polar surface area (TPSA) is 59.1 Å². The Bertz CT molecular complexity index is 823. The van der Waals surface area contributed by atoms with Crippen LogP contribution in [0.25, 0.3) is 0 Å². The van der Waals surface area contributed by atoms with Gasteiger partial charge in [0, 0.05) is 36.1 Å². The van der Waals surface area contributed by atoms with Crippen molar-refractivity contribution in [1.82, 2.24) is 9.80 Å². The Hall–Kier alpha value is -2.41. The first-order chi connectivity index (χ1) is 16.2. The van der Waals surface area contributed by atoms with Gasteiger partial charge >= 0.3 is 0 Å². The summed E-state index contributed by atoms with van der Waals surface area (Å²) in [6.07, 6.45) is 1.29. The van der Waals surface area contributed by atoms with Gasteiger partial charge in [0.15, 0.2) is 11.6 Å². The third-order valence-corrected chi connectivity index (χ3v) is 5.68. The van der Waals surface area contributed by atoms with E-state index in [-0.39, 0.29) is 35.8 Å². The van der Waals surface area contributed by atoms with Gasteiger partial charge < -0.3 is 31.7 Å². The van der Waals surface area contributed by atoms with E-state index in [1.54, 1.807) is 0 Å². The van der Waals surface area contributed by atoms with Crippen LogP contribution >= 0.6 is 0 Å². The molecular weight excluding hydrogens is 464 g/mol. The number of ketones is 2. The molecule has 2 rings (SSSR count). The maximum atomic E-state index is 13.3. The normalized spacial score (nSPS) is 12.7. The monoisotopic (exact) mass is 503 g/mol. The Kier molecular flexibility index (Phi) is 13.6. The molecule has 0 aliphatic carbocycles. The highest BCUT2D eigenvalue weighted by atomic mass is 35.5. The van der Waals surface area contributed by atoms with Gasteiger partial charge in [0.1, 0.15) is 11.5 Å². The molecule has 0 bridgehead atoms. The number of carbonyl (C=O) groups is 2. The lowest BCUT2D eigenvalue weighted by molar-refractivity contribution is -0.0000238. The molecule has 194 valence electrons. The molecule has 0 heterocycles. The van der Waals surface area contributed by atoms with Crippen molar-refractivity contribution in [3.63, 3.8) is 0 Å². The lowest BCUT2D eigenvalue weighted by Crippen LogP contribution is -3.00. The molecule has 35 heavy (non-hydrogen) atoms. The van der Waals surface area contributed by atoms with Crippen LogP contribution in [0.2, 0.25) is 0 Å². The Morgan fingerprint density at radius 1 is 0.657 bits per heavy atom. The fourth-order valence-corrected chi connectivity index (χ4v) is 4.13. The summed E-state index contributed by atoms with van der Waals surface area (Å²) in [5.74, 6) is 1.35. The number of benzene rings is 2. The van der Waals surface area contributed by atoms with Crippen LogP contribution in [-0.4, -0.2) is 75.9 Å². The van der Waals surface area contributed by atoms with E-state index in [0.29, 0.717) is 50.3 Å². The average Bonchev–Trinajstić information content (AvgIpc) is 2.81. The van der Waals surface area contributed by atoms with Crippen LogP contribution < -0.4 is 21.9 Å². The van der Waals surface area contributed by atoms with Gasteiger partial charge in [-0.1, -0.05) is 0 Å². The van der Waals surface area contributed by atoms with Gasteiger partial charge in [-0.2, -0.15) is 0 Å². The van der Waals surface area contributed by atoms with Gasteiger partial charge in [0.05, 0.1) is 13.2 Å². The Morgan fingerprint density at radius 3 is 1.23 bits per heavy atom. The van der Waals surface area contributed by atoms with E-state index in [1.807, 2.05) is 100 Å². The Morgan fingerprint density at radius 2 is 0.971 bits per heavy atom. The van der Waals surface area contributed by atoms with E-state index in [0.717, 1.165) is 11.5 Å². The predicted octanol–water partition coefficient (Wildman–Crippen LogP) is 1.69. The molecule has 0 aliphatic rings. The van der Waals surface area contributed by atoms with Crippen molar-refractivity contribution in [2.45, 2.75) is 26.7 Å². The predicted molar refractivity (Wildman–Crippen MR) is 137 cm³/mol. The second-order valence-electron chi connectivity index (χ2n) is 9.14. The van der Waals surface area contributed by atoms with Crippen molar-refractivity contribution < 1.29 is 31.5 Å². The number of halogens is 1. The van der Waals surface area contributed by atoms with Crippen LogP contribution in [0.5, 0.6) is 11.5 Å². The number of Topliss-reactive ketones (excluding diaryl/α,β-unsaturated/α-hetero) is 2. The Balaban J connectivity index is 0.00000612. The summed E-state index contributed by atoms with van der Waals surface area (Å²) in [4.78, 5) is 30.8. The summed E-state index contributed by atoms with van der Waals surface area (Å²) in [7, 11) is 7.89. The molecule has 2 aromatic rings. The average molecular weight is 504 g/mol. The summed E-state index contributed by atoms with van der Waals surface area (Å²) in [6.45, 7) is 6.32. The lowest BCUT2D eigenvalue weighted by atomic mass is 9.86. The molecule has 0 saturated carbocycles. The molecular formula is C28H40ClN2O4-. The van der Waals surface area contributed by atoms with Crippen LogP contribution in [0.3, 0.4) is 0 Å². The maximum Gasteiger partial charge on any atom is 0.167 e. The molecule has 0 amide bonds. The lowest BCUT2D eigenvalue weighted by Gasteiger charge is -2.24. The summed E-state index contributed by atoms with van der Waals surface area (Å²) in [5.41, 5.74) is 1.36. The van der Waals surface area contributed by atoms with Crippen LogP contribution in [0.1, 0.15) is 47.4 Å². The fraction of sp³-hybridized carbons (Fsp3) is 0.500. The minimum Gasteiger partial charge on any atom is -1.00 e. The van der Waals surface area contributed by atoms with Crippen LogP contribution in [0.4, 0.5) is 0 Å². The molecule has 2 unspecified atom stereocenters. The first kappa shape index (κ1) is 30.6. The molecule has 7 heteroatoms. The smallest absolute Gasteiger partial charge is 0.167 e. The number of hydrogen-bond donors (Lipinski definition) is 0. The molecule has 0 aliphatic heterocycles. The van der Waals surface area contributed by atoms with Gasteiger partial charge in [-0.15, -0.1) is 0 Å². The van der Waals surface area contributed by atoms with E-state index >= 15 is 0 Å². The quantitative estimate of drug-likeness (QED) is 0.345. The first-order valence-electron chi connectivity index (χ1n) is 12.1. The van der Waals surface area contributed by atoms with Crippen molar-refractivity contribution in [3.8, 4) is 11.5 Å². The van der Waals surface area contributed by atoms with Crippen molar-refractivity contribution in [1.29, 1.82) is 0 Å². The molecule has 6 nitrogen and oxygen atoms in total. The maximum absolute atomic E-state index is 13.3. The molecule has 0 spiro atoms. The molecule has 2 aromatic carbocycles. The SMILES string of the molecule is CCOc1ccc(C(=O)C(CCC(CN(C)C)C(=O)c2ccc(OCC)cc2)CN(C)C)cc1.[Cl-]. The Labute approximate surface area is 217 Å². The van der Waals surface area contributed by atoms with Crippen LogP contribution in [0, 0.1) is 11.8 Å². The number of carbonyl (C=O) groups excluding carboxylic acids is 2. The molecule has 0 radical (unpaired) electrons. The molecule has 0 fully saturated rings. The van der Waals surface area contributed by atoms with Crippen molar-refractivity contribution >= 4 is 11.6 Å². The zero-order valence-corrected chi connectivity index (χ0v) is 22.7.